The maximum atomic E-state index is 12.3. The van der Waals surface area contributed by atoms with E-state index in [0.717, 1.165) is 15.7 Å². The van der Waals surface area contributed by atoms with Gasteiger partial charge in [0.2, 0.25) is 5.89 Å². The monoisotopic (exact) mass is 450 g/mol. The lowest BCUT2D eigenvalue weighted by molar-refractivity contribution is -0.143. The molecular weight excluding hydrogens is 428 g/mol. The molecule has 2 atom stereocenters. The summed E-state index contributed by atoms with van der Waals surface area (Å²) in [6.45, 7) is 4.27. The molecule has 1 N–H and O–H groups in total. The number of carboxylic acids is 1. The molecule has 1 aromatic carbocycles. The number of benzene rings is 1. The summed E-state index contributed by atoms with van der Waals surface area (Å²) in [7, 11) is 0. The second kappa shape index (κ2) is 8.77. The summed E-state index contributed by atoms with van der Waals surface area (Å²) in [6.07, 6.45) is 0.940. The fraction of sp³-hybridized carbons (Fsp3) is 0.450. The van der Waals surface area contributed by atoms with Crippen molar-refractivity contribution in [3.63, 3.8) is 0 Å². The third-order valence-corrected chi connectivity index (χ3v) is 5.48. The van der Waals surface area contributed by atoms with E-state index in [9.17, 15) is 9.59 Å². The lowest BCUT2D eigenvalue weighted by Gasteiger charge is -2.35. The number of aryl methyl sites for hydroxylation is 1. The number of amides is 1. The second-order valence-corrected chi connectivity index (χ2v) is 7.91. The van der Waals surface area contributed by atoms with Crippen molar-refractivity contribution in [1.82, 2.24) is 9.88 Å². The number of piperidine rings is 1. The fourth-order valence-electron chi connectivity index (χ4n) is 3.39. The summed E-state index contributed by atoms with van der Waals surface area (Å²) in [5.74, 6) is 0.0297. The summed E-state index contributed by atoms with van der Waals surface area (Å²) < 4.78 is 12.1. The molecule has 1 fully saturated rings. The number of likely N-dealkylation sites (tertiary alicyclic amines) is 1. The molecule has 0 aliphatic carbocycles. The third kappa shape index (κ3) is 4.73. The summed E-state index contributed by atoms with van der Waals surface area (Å²) in [5.41, 5.74) is 1.62. The Morgan fingerprint density at radius 1 is 1.43 bits per heavy atom. The molecular formula is C20H23BrN2O5. The first-order valence-corrected chi connectivity index (χ1v) is 10.0. The minimum Gasteiger partial charge on any atom is -0.481 e. The van der Waals surface area contributed by atoms with Gasteiger partial charge in [0.15, 0.2) is 0 Å². The molecule has 0 bridgehead atoms. The number of oxazole rings is 1. The van der Waals surface area contributed by atoms with E-state index in [1.54, 1.807) is 4.90 Å². The van der Waals surface area contributed by atoms with Gasteiger partial charge in [-0.05, 0) is 44.9 Å². The first-order chi connectivity index (χ1) is 13.3. The number of aliphatic carboxylic acids is 1. The molecule has 150 valence electrons. The molecule has 8 heteroatoms. The van der Waals surface area contributed by atoms with Crippen LogP contribution in [0.25, 0.3) is 11.5 Å². The number of hydrogen-bond donors (Lipinski definition) is 1. The Balaban J connectivity index is 1.54. The Labute approximate surface area is 171 Å². The average Bonchev–Trinajstić information content (AvgIpc) is 3.02. The molecule has 2 unspecified atom stereocenters. The van der Waals surface area contributed by atoms with E-state index in [2.05, 4.69) is 20.9 Å². The number of nitrogens with zero attached hydrogens (tertiary/aromatic N) is 2. The topological polar surface area (TPSA) is 92.9 Å². The van der Waals surface area contributed by atoms with Gasteiger partial charge in [-0.15, -0.1) is 0 Å². The highest BCUT2D eigenvalue weighted by atomic mass is 79.9. The zero-order valence-electron chi connectivity index (χ0n) is 15.9. The van der Waals surface area contributed by atoms with Crippen LogP contribution in [-0.2, 0) is 16.0 Å². The molecule has 2 aromatic rings. The number of halogens is 1. The molecule has 2 heterocycles. The summed E-state index contributed by atoms with van der Waals surface area (Å²) in [4.78, 5) is 29.6. The molecule has 1 aromatic heterocycles. The van der Waals surface area contributed by atoms with Gasteiger partial charge in [-0.25, -0.2) is 9.78 Å². The molecule has 1 aliphatic rings. The standard InChI is InChI=1S/C20H23BrN2O5/c1-12-10-15(19(24)25)6-8-23(12)20(26)27-9-7-17-13(2)28-18(22-17)14-4-3-5-16(21)11-14/h3-5,11-12,15H,6-10H2,1-2H3,(H,24,25). The lowest BCUT2D eigenvalue weighted by Crippen LogP contribution is -2.46. The van der Waals surface area contributed by atoms with Crippen molar-refractivity contribution in [2.75, 3.05) is 13.2 Å². The number of rotatable bonds is 5. The normalized spacial score (nSPS) is 19.5. The van der Waals surface area contributed by atoms with E-state index in [1.165, 1.54) is 0 Å². The van der Waals surface area contributed by atoms with Gasteiger partial charge >= 0.3 is 12.1 Å². The maximum absolute atomic E-state index is 12.3. The highest BCUT2D eigenvalue weighted by molar-refractivity contribution is 9.10. The van der Waals surface area contributed by atoms with Crippen molar-refractivity contribution in [1.29, 1.82) is 0 Å². The van der Waals surface area contributed by atoms with Gasteiger partial charge in [0.05, 0.1) is 18.2 Å². The highest BCUT2D eigenvalue weighted by Gasteiger charge is 2.33. The van der Waals surface area contributed by atoms with E-state index in [4.69, 9.17) is 14.3 Å². The Hall–Kier alpha value is -2.35. The van der Waals surface area contributed by atoms with E-state index in [1.807, 2.05) is 38.1 Å². The van der Waals surface area contributed by atoms with Crippen molar-refractivity contribution in [2.24, 2.45) is 5.92 Å². The Bertz CT molecular complexity index is 866. The summed E-state index contributed by atoms with van der Waals surface area (Å²) >= 11 is 3.43. The average molecular weight is 451 g/mol. The second-order valence-electron chi connectivity index (χ2n) is 7.00. The van der Waals surface area contributed by atoms with Crippen LogP contribution in [0.1, 0.15) is 31.2 Å². The molecule has 1 saturated heterocycles. The quantitative estimate of drug-likeness (QED) is 0.730. The number of carbonyl (C=O) groups excluding carboxylic acids is 1. The number of hydrogen-bond acceptors (Lipinski definition) is 5. The Morgan fingerprint density at radius 2 is 2.21 bits per heavy atom. The molecule has 28 heavy (non-hydrogen) atoms. The predicted octanol–water partition coefficient (Wildman–Crippen LogP) is 4.28. The van der Waals surface area contributed by atoms with Crippen LogP contribution in [-0.4, -0.2) is 46.2 Å². The molecule has 7 nitrogen and oxygen atoms in total. The SMILES string of the molecule is Cc1oc(-c2cccc(Br)c2)nc1CCOC(=O)N1CCC(C(=O)O)CC1C. The van der Waals surface area contributed by atoms with Crippen molar-refractivity contribution in [2.45, 2.75) is 39.2 Å². The predicted molar refractivity (Wildman–Crippen MR) is 106 cm³/mol. The van der Waals surface area contributed by atoms with Crippen molar-refractivity contribution < 1.29 is 23.8 Å². The highest BCUT2D eigenvalue weighted by Crippen LogP contribution is 2.25. The van der Waals surface area contributed by atoms with E-state index >= 15 is 0 Å². The van der Waals surface area contributed by atoms with Gasteiger partial charge in [-0.1, -0.05) is 22.0 Å². The number of ether oxygens (including phenoxy) is 1. The van der Waals surface area contributed by atoms with E-state index < -0.39 is 18.0 Å². The van der Waals surface area contributed by atoms with Gasteiger partial charge in [0.1, 0.15) is 5.76 Å². The van der Waals surface area contributed by atoms with Gasteiger partial charge in [-0.3, -0.25) is 4.79 Å². The van der Waals surface area contributed by atoms with E-state index in [-0.39, 0.29) is 12.6 Å². The van der Waals surface area contributed by atoms with Crippen molar-refractivity contribution in [3.8, 4) is 11.5 Å². The van der Waals surface area contributed by atoms with Crippen LogP contribution in [0, 0.1) is 12.8 Å². The Morgan fingerprint density at radius 3 is 2.89 bits per heavy atom. The van der Waals surface area contributed by atoms with Crippen LogP contribution in [0.2, 0.25) is 0 Å². The first-order valence-electron chi connectivity index (χ1n) is 9.23. The molecule has 0 saturated carbocycles. The van der Waals surface area contributed by atoms with Gasteiger partial charge in [0, 0.05) is 29.0 Å². The number of carbonyl (C=O) groups is 2. The van der Waals surface area contributed by atoms with Crippen LogP contribution in [0.5, 0.6) is 0 Å². The summed E-state index contributed by atoms with van der Waals surface area (Å²) in [5, 5.41) is 9.12. The zero-order chi connectivity index (χ0) is 20.3. The van der Waals surface area contributed by atoms with Crippen LogP contribution in [0.15, 0.2) is 33.2 Å². The molecule has 1 amide bonds. The van der Waals surface area contributed by atoms with Crippen LogP contribution >= 0.6 is 15.9 Å². The largest absolute Gasteiger partial charge is 0.481 e. The minimum atomic E-state index is -0.803. The van der Waals surface area contributed by atoms with Crippen molar-refractivity contribution in [3.05, 3.63) is 40.2 Å². The number of aromatic nitrogens is 1. The summed E-state index contributed by atoms with van der Waals surface area (Å²) in [6, 6.07) is 7.54. The molecule has 1 aliphatic heterocycles. The zero-order valence-corrected chi connectivity index (χ0v) is 17.4. The van der Waals surface area contributed by atoms with Crippen LogP contribution < -0.4 is 0 Å². The van der Waals surface area contributed by atoms with Gasteiger partial charge in [-0.2, -0.15) is 0 Å². The number of carboxylic acid groups (broad SMARTS) is 1. The van der Waals surface area contributed by atoms with Gasteiger partial charge in [0.25, 0.3) is 0 Å². The van der Waals surface area contributed by atoms with E-state index in [0.29, 0.717) is 37.5 Å². The maximum Gasteiger partial charge on any atom is 0.410 e. The van der Waals surface area contributed by atoms with Crippen LogP contribution in [0.4, 0.5) is 4.79 Å². The molecule has 0 spiro atoms. The molecule has 3 rings (SSSR count). The lowest BCUT2D eigenvalue weighted by atomic mass is 9.92. The Kier molecular flexibility index (Phi) is 6.39. The van der Waals surface area contributed by atoms with Crippen molar-refractivity contribution >= 4 is 28.0 Å². The van der Waals surface area contributed by atoms with Crippen LogP contribution in [0.3, 0.4) is 0 Å². The smallest absolute Gasteiger partial charge is 0.410 e. The van der Waals surface area contributed by atoms with Gasteiger partial charge < -0.3 is 19.2 Å². The third-order valence-electron chi connectivity index (χ3n) is 4.99. The molecule has 0 radical (unpaired) electrons. The first kappa shape index (κ1) is 20.4. The fourth-order valence-corrected chi connectivity index (χ4v) is 3.79. The minimum absolute atomic E-state index is 0.153.